The van der Waals surface area contributed by atoms with Gasteiger partial charge in [-0.1, -0.05) is 182 Å². The van der Waals surface area contributed by atoms with E-state index >= 15 is 0 Å². The summed E-state index contributed by atoms with van der Waals surface area (Å²) in [5.74, 6) is -1.21. The van der Waals surface area contributed by atoms with E-state index in [1.807, 2.05) is 0 Å². The van der Waals surface area contributed by atoms with Crippen molar-refractivity contribution in [2.24, 2.45) is 0 Å². The normalized spacial score (nSPS) is 10.6. The van der Waals surface area contributed by atoms with Crippen LogP contribution in [0.2, 0.25) is 0 Å². The Morgan fingerprint density at radius 2 is 0.529 bits per heavy atom. The van der Waals surface area contributed by atoms with Gasteiger partial charge in [0, 0.05) is 21.1 Å². The van der Waals surface area contributed by atoms with E-state index < -0.39 is 27.8 Å². The molecule has 0 aliphatic carbocycles. The van der Waals surface area contributed by atoms with E-state index in [4.69, 9.17) is 0 Å². The Hall–Kier alpha value is -3.41. The van der Waals surface area contributed by atoms with Crippen LogP contribution in [0, 0.1) is 0 Å². The van der Waals surface area contributed by atoms with Crippen LogP contribution < -0.4 is 31.8 Å². The van der Waals surface area contributed by atoms with Gasteiger partial charge in [-0.3, -0.25) is 0 Å². The Balaban J connectivity index is 0.000000211. The first-order valence-corrected chi connectivity index (χ1v) is 20.0. The minimum atomic E-state index is -0.603. The van der Waals surface area contributed by atoms with Crippen LogP contribution in [0.5, 0.6) is 0 Å². The van der Waals surface area contributed by atoms with Crippen molar-refractivity contribution >= 4 is 91.6 Å². The van der Waals surface area contributed by atoms with Gasteiger partial charge in [0.15, 0.2) is 0 Å². The van der Waals surface area contributed by atoms with Gasteiger partial charge in [-0.05, 0) is 47.7 Å². The number of hydrogen-bond donors (Lipinski definition) is 0. The zero-order valence-electron chi connectivity index (χ0n) is 28.0. The van der Waals surface area contributed by atoms with Crippen LogP contribution >= 0.6 is 15.8 Å². The molecule has 2 radical (unpaired) electrons. The Kier molecular flexibility index (Phi) is 19.1. The van der Waals surface area contributed by atoms with Crippen molar-refractivity contribution in [3.63, 3.8) is 0 Å². The first-order chi connectivity index (χ1) is 24.4. The van der Waals surface area contributed by atoms with Crippen molar-refractivity contribution in [2.75, 3.05) is 14.2 Å². The molecule has 0 spiro atoms. The molecule has 0 bridgehead atoms. The largest absolute Gasteiger partial charge is 0.0622 e. The third-order valence-corrected chi connectivity index (χ3v) is 14.1. The van der Waals surface area contributed by atoms with Gasteiger partial charge in [-0.2, -0.15) is 0 Å². The van der Waals surface area contributed by atoms with E-state index in [2.05, 4.69) is 223 Å². The van der Waals surface area contributed by atoms with Gasteiger partial charge in [0.05, 0.1) is 0 Å². The third-order valence-electron chi connectivity index (χ3n) is 7.03. The number of esters is 2. The van der Waals surface area contributed by atoms with Gasteiger partial charge >= 0.3 is 86.2 Å². The van der Waals surface area contributed by atoms with Crippen LogP contribution in [0.4, 0.5) is 0 Å². The van der Waals surface area contributed by atoms with Crippen LogP contribution in [0.1, 0.15) is 0 Å². The molecule has 0 atom stereocenters. The molecule has 9 heteroatoms. The summed E-state index contributed by atoms with van der Waals surface area (Å²) in [7, 11) is 1.56. The molecule has 260 valence electrons. The zero-order valence-corrected chi connectivity index (χ0v) is 35.5. The molecule has 0 amide bonds. The number of benzene rings is 6. The second-order valence-electron chi connectivity index (χ2n) is 10.3. The van der Waals surface area contributed by atoms with Crippen LogP contribution in [0.15, 0.2) is 191 Å². The van der Waals surface area contributed by atoms with Gasteiger partial charge in [0.25, 0.3) is 0 Å². The van der Waals surface area contributed by atoms with E-state index in [-0.39, 0.29) is 30.0 Å². The predicted octanol–water partition coefficient (Wildman–Crippen LogP) is 5.77. The molecule has 0 aliphatic heterocycles. The number of methoxy groups -OCH3 is 2. The smallest absolute Gasteiger partial charge is 0 e. The molecule has 4 nitrogen and oxygen atoms in total. The molecule has 6 aromatic carbocycles. The van der Waals surface area contributed by atoms with E-state index in [0.29, 0.717) is 0 Å². The fourth-order valence-electron chi connectivity index (χ4n) is 4.73. The molecule has 0 aliphatic rings. The molecule has 0 unspecified atom stereocenters. The van der Waals surface area contributed by atoms with Gasteiger partial charge < -0.3 is 0 Å². The fraction of sp³-hybridized carbons (Fsp3) is 0.0476. The van der Waals surface area contributed by atoms with Gasteiger partial charge in [0.1, 0.15) is 0 Å². The molecule has 0 heterocycles. The molecule has 6 aromatic rings. The average Bonchev–Trinajstić information content (AvgIpc) is 3.20. The molecular formula is C42H36O4P2PtSe2. The molecule has 6 rings (SSSR count). The Morgan fingerprint density at radius 1 is 0.373 bits per heavy atom. The summed E-state index contributed by atoms with van der Waals surface area (Å²) >= 11 is 4.83. The number of carbonyl (C=O) groups is 2. The zero-order chi connectivity index (χ0) is 35.6. The summed E-state index contributed by atoms with van der Waals surface area (Å²) in [5, 5.41) is 8.39. The Bertz CT molecular complexity index is 1590. The number of rotatable bonds is 8. The van der Waals surface area contributed by atoms with Crippen LogP contribution in [0.3, 0.4) is 0 Å². The maximum atomic E-state index is 10.8. The van der Waals surface area contributed by atoms with E-state index in [9.17, 15) is 9.59 Å². The summed E-state index contributed by atoms with van der Waals surface area (Å²) in [4.78, 5) is 21.7. The van der Waals surface area contributed by atoms with Gasteiger partial charge in [0.2, 0.25) is 0 Å². The number of ether oxygens (including phenoxy) is 2. The van der Waals surface area contributed by atoms with Crippen LogP contribution in [-0.2, 0) is 40.1 Å². The molecule has 0 saturated carbocycles. The summed E-state index contributed by atoms with van der Waals surface area (Å²) in [6.07, 6.45) is 0. The van der Waals surface area contributed by atoms with Gasteiger partial charge in [-0.15, -0.1) is 0 Å². The van der Waals surface area contributed by atoms with E-state index in [1.165, 1.54) is 46.0 Å². The third kappa shape index (κ3) is 12.9. The SMILES string of the molecule is COC(=O)/C([Se])=C(/[Se])C(=O)OC.[Pt].c1ccc(P(c2ccccc2)c2ccccc2)cc1.c1ccc(P(c2ccccc2)c2ccccc2)cc1. The number of hydrogen-bond acceptors (Lipinski definition) is 4. The first kappa shape index (κ1) is 42.0. The second-order valence-corrected chi connectivity index (χ2v) is 16.5. The summed E-state index contributed by atoms with van der Waals surface area (Å²) in [6, 6.07) is 64.7. The first-order valence-electron chi connectivity index (χ1n) is 15.6. The van der Waals surface area contributed by atoms with Crippen molar-refractivity contribution in [3.05, 3.63) is 191 Å². The standard InChI is InChI=1S/2C18H15P.C6H6O4Se2.Pt/c2*1-4-10-16(11-5-1)19(17-12-6-2-7-13-17)18-14-8-3-9-15-18;1-9-5(7)3(11)4(12)6(8)10-2;/h2*1-15H;1-2H3;/b;;4-3-;. The van der Waals surface area contributed by atoms with E-state index in [0.717, 1.165) is 0 Å². The molecule has 51 heavy (non-hydrogen) atoms. The van der Waals surface area contributed by atoms with E-state index in [1.54, 1.807) is 0 Å². The quantitative estimate of drug-likeness (QED) is 0.0843. The maximum absolute atomic E-state index is 10.8. The Labute approximate surface area is 334 Å². The monoisotopic (exact) mass is 1020 g/mol. The number of carbonyl (C=O) groups excluding carboxylic acids is 2. The Morgan fingerprint density at radius 3 is 0.667 bits per heavy atom. The minimum absolute atomic E-state index is 0. The average molecular weight is 1020 g/mol. The molecule has 0 saturated heterocycles. The maximum Gasteiger partial charge on any atom is 0 e. The summed E-state index contributed by atoms with van der Waals surface area (Å²) in [5.41, 5.74) is 0. The minimum Gasteiger partial charge on any atom is -0.0622 e. The fourth-order valence-corrected chi connectivity index (χ4v) is 10.0. The van der Waals surface area contributed by atoms with Crippen LogP contribution in [-0.4, -0.2) is 58.2 Å². The summed E-state index contributed by atoms with van der Waals surface area (Å²) < 4.78 is 8.92. The van der Waals surface area contributed by atoms with Crippen LogP contribution in [0.25, 0.3) is 0 Å². The van der Waals surface area contributed by atoms with Crippen molar-refractivity contribution in [2.45, 2.75) is 0 Å². The molecule has 0 aromatic heterocycles. The van der Waals surface area contributed by atoms with Crippen molar-refractivity contribution in [1.82, 2.24) is 0 Å². The van der Waals surface area contributed by atoms with Crippen molar-refractivity contribution in [3.8, 4) is 0 Å². The van der Waals surface area contributed by atoms with Crippen molar-refractivity contribution in [1.29, 1.82) is 0 Å². The second kappa shape index (κ2) is 23.2. The molecule has 0 fully saturated rings. The van der Waals surface area contributed by atoms with Gasteiger partial charge in [-0.25, -0.2) is 0 Å². The molecular weight excluding hydrogens is 983 g/mol. The molecule has 0 N–H and O–H groups in total. The summed E-state index contributed by atoms with van der Waals surface area (Å²) in [6.45, 7) is 0. The predicted molar refractivity (Wildman–Crippen MR) is 213 cm³/mol. The topological polar surface area (TPSA) is 52.6 Å². The van der Waals surface area contributed by atoms with Crippen molar-refractivity contribution < 1.29 is 40.1 Å².